The van der Waals surface area contributed by atoms with Crippen molar-refractivity contribution in [1.82, 2.24) is 5.43 Å². The molecule has 1 amide bonds. The van der Waals surface area contributed by atoms with Crippen LogP contribution >= 0.6 is 0 Å². The normalized spacial score (nSPS) is 27.7. The number of hydrogen-bond donors (Lipinski definition) is 1. The van der Waals surface area contributed by atoms with Crippen LogP contribution in [0.2, 0.25) is 0 Å². The summed E-state index contributed by atoms with van der Waals surface area (Å²) in [4.78, 5) is 11.8. The molecule has 4 heteroatoms. The van der Waals surface area contributed by atoms with E-state index in [2.05, 4.69) is 10.5 Å². The summed E-state index contributed by atoms with van der Waals surface area (Å²) < 4.78 is 12.7. The minimum Gasteiger partial charge on any atom is -0.267 e. The second kappa shape index (κ2) is 4.52. The van der Waals surface area contributed by atoms with Crippen molar-refractivity contribution in [1.29, 1.82) is 0 Å². The number of amides is 1. The third-order valence-electron chi connectivity index (χ3n) is 3.92. The monoisotopic (exact) mass is 246 g/mol. The summed E-state index contributed by atoms with van der Waals surface area (Å²) in [6, 6.07) is 5.48. The second-order valence-corrected chi connectivity index (χ2v) is 5.13. The Morgan fingerprint density at radius 2 is 2.06 bits per heavy atom. The number of nitrogens with zero attached hydrogens (tertiary/aromatic N) is 1. The van der Waals surface area contributed by atoms with E-state index < -0.39 is 0 Å². The van der Waals surface area contributed by atoms with Gasteiger partial charge in [-0.25, -0.2) is 9.82 Å². The maximum absolute atomic E-state index is 12.7. The molecule has 0 spiro atoms. The van der Waals surface area contributed by atoms with Gasteiger partial charge in [-0.1, -0.05) is 0 Å². The van der Waals surface area contributed by atoms with E-state index in [-0.39, 0.29) is 11.7 Å². The molecule has 3 nitrogen and oxygen atoms in total. The van der Waals surface area contributed by atoms with Crippen LogP contribution in [0.3, 0.4) is 0 Å². The summed E-state index contributed by atoms with van der Waals surface area (Å²) in [5.74, 6) is 0.733. The van der Waals surface area contributed by atoms with Gasteiger partial charge in [0, 0.05) is 11.3 Å². The first kappa shape index (κ1) is 11.4. The van der Waals surface area contributed by atoms with Crippen molar-refractivity contribution in [3.8, 4) is 0 Å². The topological polar surface area (TPSA) is 41.5 Å². The molecule has 1 aromatic rings. The SMILES string of the molecule is O=C(N/N=C1/CC2CCC1C2)c1ccc(F)cc1. The Morgan fingerprint density at radius 1 is 1.28 bits per heavy atom. The molecule has 0 aromatic heterocycles. The molecular weight excluding hydrogens is 231 g/mol. The lowest BCUT2D eigenvalue weighted by molar-refractivity contribution is 0.0954. The van der Waals surface area contributed by atoms with Crippen molar-refractivity contribution in [3.05, 3.63) is 35.6 Å². The van der Waals surface area contributed by atoms with Crippen LogP contribution in [0.1, 0.15) is 36.0 Å². The zero-order valence-electron chi connectivity index (χ0n) is 10.0. The molecule has 2 aliphatic rings. The van der Waals surface area contributed by atoms with Gasteiger partial charge < -0.3 is 0 Å². The number of carbonyl (C=O) groups is 1. The highest BCUT2D eigenvalue weighted by molar-refractivity contribution is 5.96. The molecule has 2 saturated carbocycles. The van der Waals surface area contributed by atoms with Crippen molar-refractivity contribution >= 4 is 11.6 Å². The lowest BCUT2D eigenvalue weighted by Gasteiger charge is -2.11. The number of hydrazone groups is 1. The van der Waals surface area contributed by atoms with Crippen LogP contribution in [0.25, 0.3) is 0 Å². The Morgan fingerprint density at radius 3 is 2.67 bits per heavy atom. The number of rotatable bonds is 2. The van der Waals surface area contributed by atoms with Crippen LogP contribution in [0.4, 0.5) is 4.39 Å². The van der Waals surface area contributed by atoms with Gasteiger partial charge in [-0.3, -0.25) is 4.79 Å². The average molecular weight is 246 g/mol. The largest absolute Gasteiger partial charge is 0.271 e. The number of fused-ring (bicyclic) bond motifs is 2. The Labute approximate surface area is 105 Å². The van der Waals surface area contributed by atoms with Crippen molar-refractivity contribution in [2.24, 2.45) is 16.9 Å². The van der Waals surface area contributed by atoms with Gasteiger partial charge in [0.1, 0.15) is 5.82 Å². The average Bonchev–Trinajstić information content (AvgIpc) is 2.99. The summed E-state index contributed by atoms with van der Waals surface area (Å²) >= 11 is 0. The predicted octanol–water partition coefficient (Wildman–Crippen LogP) is 2.73. The summed E-state index contributed by atoms with van der Waals surface area (Å²) in [7, 11) is 0. The minimum atomic E-state index is -0.342. The highest BCUT2D eigenvalue weighted by atomic mass is 19.1. The fourth-order valence-corrected chi connectivity index (χ4v) is 2.95. The van der Waals surface area contributed by atoms with Gasteiger partial charge in [-0.05, 0) is 61.8 Å². The van der Waals surface area contributed by atoms with Gasteiger partial charge in [0.25, 0.3) is 5.91 Å². The lowest BCUT2D eigenvalue weighted by Crippen LogP contribution is -2.21. The molecule has 3 rings (SSSR count). The fourth-order valence-electron chi connectivity index (χ4n) is 2.95. The first-order valence-electron chi connectivity index (χ1n) is 6.35. The van der Waals surface area contributed by atoms with Gasteiger partial charge >= 0.3 is 0 Å². The van der Waals surface area contributed by atoms with E-state index in [1.807, 2.05) is 0 Å². The van der Waals surface area contributed by atoms with Gasteiger partial charge in [-0.2, -0.15) is 5.10 Å². The zero-order valence-corrected chi connectivity index (χ0v) is 10.0. The molecule has 18 heavy (non-hydrogen) atoms. The van der Waals surface area contributed by atoms with Crippen LogP contribution in [0, 0.1) is 17.7 Å². The molecule has 0 saturated heterocycles. The first-order valence-corrected chi connectivity index (χ1v) is 6.35. The Kier molecular flexibility index (Phi) is 2.86. The predicted molar refractivity (Wildman–Crippen MR) is 66.7 cm³/mol. The zero-order chi connectivity index (χ0) is 12.5. The van der Waals surface area contributed by atoms with Crippen LogP contribution < -0.4 is 5.43 Å². The third-order valence-corrected chi connectivity index (χ3v) is 3.92. The molecule has 1 aromatic carbocycles. The van der Waals surface area contributed by atoms with Crippen molar-refractivity contribution in [3.63, 3.8) is 0 Å². The summed E-state index contributed by atoms with van der Waals surface area (Å²) in [5, 5.41) is 4.23. The van der Waals surface area contributed by atoms with Gasteiger partial charge in [0.15, 0.2) is 0 Å². The maximum atomic E-state index is 12.7. The molecule has 2 bridgehead atoms. The Balaban J connectivity index is 1.65. The molecule has 2 fully saturated rings. The standard InChI is InChI=1S/C14H15FN2O/c15-12-5-3-10(4-6-12)14(18)17-16-13-8-9-1-2-11(13)7-9/h3-6,9,11H,1-2,7-8H2,(H,17,18)/b16-13-. The smallest absolute Gasteiger partial charge is 0.267 e. The maximum Gasteiger partial charge on any atom is 0.271 e. The van der Waals surface area contributed by atoms with Crippen LogP contribution in [0.5, 0.6) is 0 Å². The van der Waals surface area contributed by atoms with E-state index >= 15 is 0 Å². The number of hydrogen-bond acceptors (Lipinski definition) is 2. The van der Waals surface area contributed by atoms with E-state index in [1.54, 1.807) is 0 Å². The highest BCUT2D eigenvalue weighted by Crippen LogP contribution is 2.42. The number of carbonyl (C=O) groups excluding carboxylic acids is 1. The molecular formula is C14H15FN2O. The first-order chi connectivity index (χ1) is 8.72. The van der Waals surface area contributed by atoms with Crippen LogP contribution in [-0.4, -0.2) is 11.6 Å². The number of halogens is 1. The molecule has 2 aliphatic carbocycles. The Hall–Kier alpha value is -1.71. The van der Waals surface area contributed by atoms with E-state index in [0.717, 1.165) is 18.1 Å². The third kappa shape index (κ3) is 2.15. The van der Waals surface area contributed by atoms with Crippen LogP contribution in [0.15, 0.2) is 29.4 Å². The summed E-state index contributed by atoms with van der Waals surface area (Å²) in [5.41, 5.74) is 4.13. The highest BCUT2D eigenvalue weighted by Gasteiger charge is 2.36. The summed E-state index contributed by atoms with van der Waals surface area (Å²) in [6.45, 7) is 0. The van der Waals surface area contributed by atoms with Gasteiger partial charge in [0.2, 0.25) is 0 Å². The van der Waals surface area contributed by atoms with Gasteiger partial charge in [0.05, 0.1) is 0 Å². The number of benzene rings is 1. The molecule has 1 N–H and O–H groups in total. The van der Waals surface area contributed by atoms with Crippen molar-refractivity contribution in [2.75, 3.05) is 0 Å². The van der Waals surface area contributed by atoms with E-state index in [9.17, 15) is 9.18 Å². The molecule has 0 heterocycles. The summed E-state index contributed by atoms with van der Waals surface area (Å²) in [6.07, 6.45) is 4.76. The lowest BCUT2D eigenvalue weighted by atomic mass is 9.99. The minimum absolute atomic E-state index is 0.273. The van der Waals surface area contributed by atoms with Crippen LogP contribution in [-0.2, 0) is 0 Å². The molecule has 0 aliphatic heterocycles. The molecule has 2 unspecified atom stereocenters. The Bertz CT molecular complexity index is 495. The number of nitrogens with one attached hydrogen (secondary N) is 1. The van der Waals surface area contributed by atoms with E-state index in [1.165, 1.54) is 43.5 Å². The fraction of sp³-hybridized carbons (Fsp3) is 0.429. The van der Waals surface area contributed by atoms with Gasteiger partial charge in [-0.15, -0.1) is 0 Å². The molecule has 2 atom stereocenters. The quantitative estimate of drug-likeness (QED) is 0.801. The van der Waals surface area contributed by atoms with E-state index in [4.69, 9.17) is 0 Å². The van der Waals surface area contributed by atoms with Crippen molar-refractivity contribution < 1.29 is 9.18 Å². The van der Waals surface area contributed by atoms with E-state index in [0.29, 0.717) is 11.5 Å². The van der Waals surface area contributed by atoms with Crippen molar-refractivity contribution in [2.45, 2.75) is 25.7 Å². The second-order valence-electron chi connectivity index (χ2n) is 5.13. The molecule has 0 radical (unpaired) electrons. The molecule has 94 valence electrons.